The van der Waals surface area contributed by atoms with Gasteiger partial charge in [0.05, 0.1) is 15.9 Å². The fraction of sp³-hybridized carbons (Fsp3) is 0.400. The van der Waals surface area contributed by atoms with Gasteiger partial charge in [-0.1, -0.05) is 28.1 Å². The maximum absolute atomic E-state index is 4.46. The number of rotatable bonds is 4. The highest BCUT2D eigenvalue weighted by Crippen LogP contribution is 2.29. The Kier molecular flexibility index (Phi) is 5.04. The Morgan fingerprint density at radius 3 is 2.55 bits per heavy atom. The number of hydrogen-bond donors (Lipinski definition) is 1. The van der Waals surface area contributed by atoms with Gasteiger partial charge in [0.2, 0.25) is 0 Å². The van der Waals surface area contributed by atoms with E-state index >= 15 is 0 Å². The summed E-state index contributed by atoms with van der Waals surface area (Å²) in [6.07, 6.45) is 0.895. The molecule has 20 heavy (non-hydrogen) atoms. The van der Waals surface area contributed by atoms with E-state index < -0.39 is 0 Å². The lowest BCUT2D eigenvalue weighted by Crippen LogP contribution is -2.21. The molecule has 0 saturated carbocycles. The molecule has 1 atom stereocenters. The second kappa shape index (κ2) is 6.41. The van der Waals surface area contributed by atoms with Gasteiger partial charge in [-0.25, -0.2) is 0 Å². The lowest BCUT2D eigenvalue weighted by molar-refractivity contribution is 0.557. The van der Waals surface area contributed by atoms with Crippen molar-refractivity contribution in [1.29, 1.82) is 0 Å². The first-order valence-corrected chi connectivity index (χ1v) is 8.14. The van der Waals surface area contributed by atoms with E-state index in [-0.39, 0.29) is 6.04 Å². The molecule has 0 fully saturated rings. The highest BCUT2D eigenvalue weighted by molar-refractivity contribution is 9.10. The predicted molar refractivity (Wildman–Crippen MR) is 90.0 cm³/mol. The highest BCUT2D eigenvalue weighted by Gasteiger charge is 2.19. The van der Waals surface area contributed by atoms with Gasteiger partial charge in [0, 0.05) is 24.0 Å². The molecule has 0 aliphatic heterocycles. The first kappa shape index (κ1) is 15.7. The molecule has 3 nitrogen and oxygen atoms in total. The van der Waals surface area contributed by atoms with Crippen LogP contribution in [0.1, 0.15) is 28.6 Å². The zero-order chi connectivity index (χ0) is 14.9. The van der Waals surface area contributed by atoms with E-state index in [1.54, 1.807) is 0 Å². The maximum atomic E-state index is 4.46. The molecule has 0 bridgehead atoms. The summed E-state index contributed by atoms with van der Waals surface area (Å²) in [4.78, 5) is 0. The van der Waals surface area contributed by atoms with Crippen molar-refractivity contribution < 1.29 is 0 Å². The second-order valence-electron chi connectivity index (χ2n) is 4.97. The van der Waals surface area contributed by atoms with Crippen molar-refractivity contribution in [2.45, 2.75) is 26.3 Å². The molecule has 1 aromatic heterocycles. The van der Waals surface area contributed by atoms with E-state index in [0.717, 1.165) is 21.1 Å². The topological polar surface area (TPSA) is 29.9 Å². The zero-order valence-electron chi connectivity index (χ0n) is 12.2. The molecular weight excluding hydrogens is 382 g/mol. The van der Waals surface area contributed by atoms with E-state index in [1.807, 2.05) is 25.7 Å². The van der Waals surface area contributed by atoms with Crippen LogP contribution in [0.5, 0.6) is 0 Å². The number of halogens is 2. The Labute approximate surface area is 137 Å². The van der Waals surface area contributed by atoms with Gasteiger partial charge in [-0.2, -0.15) is 5.10 Å². The van der Waals surface area contributed by atoms with Gasteiger partial charge in [-0.05, 0) is 54.0 Å². The van der Waals surface area contributed by atoms with E-state index in [4.69, 9.17) is 0 Å². The standard InChI is InChI=1S/C15H19Br2N3/c1-9-11(6-5-7-12(9)16)13(18-3)8-14-15(17)10(2)19-20(14)4/h5-7,13,18H,8H2,1-4H3. The number of aryl methyl sites for hydroxylation is 2. The first-order valence-electron chi connectivity index (χ1n) is 6.56. The van der Waals surface area contributed by atoms with Crippen molar-refractivity contribution in [2.75, 3.05) is 7.05 Å². The van der Waals surface area contributed by atoms with Gasteiger partial charge in [0.25, 0.3) is 0 Å². The van der Waals surface area contributed by atoms with Gasteiger partial charge >= 0.3 is 0 Å². The van der Waals surface area contributed by atoms with Crippen LogP contribution in [-0.4, -0.2) is 16.8 Å². The average Bonchev–Trinajstić information content (AvgIpc) is 2.65. The third-order valence-electron chi connectivity index (χ3n) is 3.69. The van der Waals surface area contributed by atoms with Gasteiger partial charge < -0.3 is 5.32 Å². The molecule has 0 aliphatic rings. The third kappa shape index (κ3) is 3.00. The molecule has 1 aromatic carbocycles. The maximum Gasteiger partial charge on any atom is 0.0738 e. The van der Waals surface area contributed by atoms with Crippen LogP contribution in [0.15, 0.2) is 27.1 Å². The molecule has 2 rings (SSSR count). The van der Waals surface area contributed by atoms with Crippen LogP contribution in [0, 0.1) is 13.8 Å². The summed E-state index contributed by atoms with van der Waals surface area (Å²) in [5.41, 5.74) is 4.83. The minimum absolute atomic E-state index is 0.263. The fourth-order valence-electron chi connectivity index (χ4n) is 2.46. The molecule has 0 aliphatic carbocycles. The molecule has 1 heterocycles. The summed E-state index contributed by atoms with van der Waals surface area (Å²) in [6.45, 7) is 4.17. The number of likely N-dealkylation sites (N-methyl/N-ethyl adjacent to an activating group) is 1. The van der Waals surface area contributed by atoms with Crippen molar-refractivity contribution >= 4 is 31.9 Å². The van der Waals surface area contributed by atoms with E-state index in [9.17, 15) is 0 Å². The summed E-state index contributed by atoms with van der Waals surface area (Å²) in [5, 5.41) is 7.88. The monoisotopic (exact) mass is 399 g/mol. The summed E-state index contributed by atoms with van der Waals surface area (Å²) >= 11 is 7.25. The van der Waals surface area contributed by atoms with Gasteiger partial charge in [0.1, 0.15) is 0 Å². The predicted octanol–water partition coefficient (Wildman–Crippen LogP) is 4.07. The molecule has 0 saturated heterocycles. The third-order valence-corrected chi connectivity index (χ3v) is 5.58. The Morgan fingerprint density at radius 2 is 2.00 bits per heavy atom. The van der Waals surface area contributed by atoms with Crippen molar-refractivity contribution in [3.05, 3.63) is 49.7 Å². The average molecular weight is 401 g/mol. The SMILES string of the molecule is CNC(Cc1c(Br)c(C)nn1C)c1cccc(Br)c1C. The second-order valence-corrected chi connectivity index (χ2v) is 6.62. The van der Waals surface area contributed by atoms with Crippen LogP contribution in [0.2, 0.25) is 0 Å². The van der Waals surface area contributed by atoms with Crippen molar-refractivity contribution in [3.63, 3.8) is 0 Å². The molecule has 0 amide bonds. The Hall–Kier alpha value is -0.650. The lowest BCUT2D eigenvalue weighted by Gasteiger charge is -2.20. The fourth-order valence-corrected chi connectivity index (χ4v) is 3.34. The number of nitrogens with zero attached hydrogens (tertiary/aromatic N) is 2. The van der Waals surface area contributed by atoms with Gasteiger partial charge in [-0.3, -0.25) is 4.68 Å². The molecular formula is C15H19Br2N3. The number of benzene rings is 1. The van der Waals surface area contributed by atoms with Crippen LogP contribution in [-0.2, 0) is 13.5 Å². The number of hydrogen-bond acceptors (Lipinski definition) is 2. The molecule has 2 aromatic rings. The van der Waals surface area contributed by atoms with Gasteiger partial charge in [-0.15, -0.1) is 0 Å². The molecule has 0 spiro atoms. The molecule has 108 valence electrons. The van der Waals surface area contributed by atoms with Crippen LogP contribution in [0.25, 0.3) is 0 Å². The van der Waals surface area contributed by atoms with Crippen molar-refractivity contribution in [3.8, 4) is 0 Å². The van der Waals surface area contributed by atoms with Crippen LogP contribution >= 0.6 is 31.9 Å². The van der Waals surface area contributed by atoms with E-state index in [2.05, 4.69) is 67.4 Å². The van der Waals surface area contributed by atoms with Crippen LogP contribution in [0.4, 0.5) is 0 Å². The molecule has 0 radical (unpaired) electrons. The minimum Gasteiger partial charge on any atom is -0.313 e. The van der Waals surface area contributed by atoms with E-state index in [0.29, 0.717) is 0 Å². The summed E-state index contributed by atoms with van der Waals surface area (Å²) in [6, 6.07) is 6.60. The first-order chi connectivity index (χ1) is 9.45. The summed E-state index contributed by atoms with van der Waals surface area (Å²) in [5.74, 6) is 0. The minimum atomic E-state index is 0.263. The number of aromatic nitrogens is 2. The quantitative estimate of drug-likeness (QED) is 0.838. The Balaban J connectivity index is 2.36. The molecule has 1 unspecified atom stereocenters. The normalized spacial score (nSPS) is 12.7. The number of nitrogens with one attached hydrogen (secondary N) is 1. The Bertz CT molecular complexity index is 620. The zero-order valence-corrected chi connectivity index (χ0v) is 15.3. The Morgan fingerprint density at radius 1 is 1.30 bits per heavy atom. The highest BCUT2D eigenvalue weighted by atomic mass is 79.9. The summed E-state index contributed by atoms with van der Waals surface area (Å²) in [7, 11) is 4.00. The van der Waals surface area contributed by atoms with Crippen LogP contribution < -0.4 is 5.32 Å². The largest absolute Gasteiger partial charge is 0.313 e. The van der Waals surface area contributed by atoms with Gasteiger partial charge in [0.15, 0.2) is 0 Å². The molecule has 1 N–H and O–H groups in total. The summed E-state index contributed by atoms with van der Waals surface area (Å²) < 4.78 is 4.21. The van der Waals surface area contributed by atoms with Crippen LogP contribution in [0.3, 0.4) is 0 Å². The van der Waals surface area contributed by atoms with Crippen molar-refractivity contribution in [1.82, 2.24) is 15.1 Å². The molecule has 5 heteroatoms. The smallest absolute Gasteiger partial charge is 0.0738 e. The van der Waals surface area contributed by atoms with Crippen molar-refractivity contribution in [2.24, 2.45) is 7.05 Å². The van der Waals surface area contributed by atoms with E-state index in [1.165, 1.54) is 16.8 Å². The lowest BCUT2D eigenvalue weighted by atomic mass is 9.97.